The van der Waals surface area contributed by atoms with Gasteiger partial charge in [0.1, 0.15) is 5.82 Å². The van der Waals surface area contributed by atoms with Crippen molar-refractivity contribution in [2.45, 2.75) is 25.0 Å². The molecule has 2 aromatic rings. The van der Waals surface area contributed by atoms with E-state index >= 15 is 0 Å². The Morgan fingerprint density at radius 3 is 2.09 bits per heavy atom. The predicted octanol–water partition coefficient (Wildman–Crippen LogP) is 1.77. The van der Waals surface area contributed by atoms with E-state index in [1.807, 2.05) is 0 Å². The second-order valence-electron chi connectivity index (χ2n) is 5.69. The molecule has 4 N–H and O–H groups in total. The zero-order valence-electron chi connectivity index (χ0n) is 12.4. The average molecular weight is 303 g/mol. The number of benzene rings is 2. The number of hydrogen-bond donors (Lipinski definition) is 3. The second kappa shape index (κ2) is 5.51. The largest absolute Gasteiger partial charge is 0.386 e. The molecule has 0 aliphatic carbocycles. The highest BCUT2D eigenvalue weighted by atomic mass is 19.1. The number of carbonyl (C=O) groups excluding carboxylic acids is 1. The van der Waals surface area contributed by atoms with Gasteiger partial charge in [-0.1, -0.05) is 42.5 Å². The normalized spacial score (nSPS) is 14.4. The Bertz CT molecular complexity index is 695. The van der Waals surface area contributed by atoms with E-state index in [1.165, 1.54) is 38.1 Å². The van der Waals surface area contributed by atoms with Gasteiger partial charge in [0.2, 0.25) is 0 Å². The molecule has 116 valence electrons. The average Bonchev–Trinajstić information content (AvgIpc) is 2.46. The predicted molar refractivity (Wildman–Crippen MR) is 80.3 cm³/mol. The fraction of sp³-hybridized carbons (Fsp3) is 0.235. The molecule has 0 saturated heterocycles. The molecule has 22 heavy (non-hydrogen) atoms. The van der Waals surface area contributed by atoms with Crippen molar-refractivity contribution in [1.29, 1.82) is 0 Å². The lowest BCUT2D eigenvalue weighted by molar-refractivity contribution is -0.133. The molecular formula is C17H18FNO3. The van der Waals surface area contributed by atoms with Crippen molar-refractivity contribution in [2.75, 3.05) is 0 Å². The number of halogens is 1. The molecule has 0 aromatic heterocycles. The van der Waals surface area contributed by atoms with E-state index in [0.717, 1.165) is 6.07 Å². The van der Waals surface area contributed by atoms with Gasteiger partial charge < -0.3 is 15.9 Å². The lowest BCUT2D eigenvalue weighted by atomic mass is 9.84. The van der Waals surface area contributed by atoms with E-state index in [4.69, 9.17) is 5.73 Å². The molecule has 0 saturated carbocycles. The fourth-order valence-corrected chi connectivity index (χ4v) is 2.30. The van der Waals surface area contributed by atoms with Gasteiger partial charge >= 0.3 is 0 Å². The van der Waals surface area contributed by atoms with Crippen LogP contribution in [0.5, 0.6) is 0 Å². The Hall–Kier alpha value is -2.24. The van der Waals surface area contributed by atoms with Crippen LogP contribution in [-0.2, 0) is 16.0 Å². The monoisotopic (exact) mass is 303 g/mol. The smallest absolute Gasteiger partial charge is 0.258 e. The summed E-state index contributed by atoms with van der Waals surface area (Å²) in [5.41, 5.74) is 2.06. The topological polar surface area (TPSA) is 83.6 Å². The quantitative estimate of drug-likeness (QED) is 0.805. The van der Waals surface area contributed by atoms with E-state index in [9.17, 15) is 19.4 Å². The number of carbonyl (C=O) groups is 1. The highest BCUT2D eigenvalue weighted by Gasteiger charge is 2.40. The minimum atomic E-state index is -2.27. The third-order valence-corrected chi connectivity index (χ3v) is 3.61. The van der Waals surface area contributed by atoms with E-state index in [1.54, 1.807) is 18.2 Å². The van der Waals surface area contributed by atoms with Crippen molar-refractivity contribution in [3.63, 3.8) is 0 Å². The molecule has 1 amide bonds. The maximum Gasteiger partial charge on any atom is 0.258 e. The minimum absolute atomic E-state index is 0.178. The Morgan fingerprint density at radius 1 is 1.05 bits per heavy atom. The zero-order valence-corrected chi connectivity index (χ0v) is 12.4. The summed E-state index contributed by atoms with van der Waals surface area (Å²) in [7, 11) is 0. The second-order valence-corrected chi connectivity index (χ2v) is 5.69. The molecule has 5 heteroatoms. The van der Waals surface area contributed by atoms with Crippen LogP contribution in [0.2, 0.25) is 0 Å². The summed E-state index contributed by atoms with van der Waals surface area (Å²) in [5, 5.41) is 20.6. The third kappa shape index (κ3) is 2.73. The Balaban J connectivity index is 2.63. The third-order valence-electron chi connectivity index (χ3n) is 3.61. The molecule has 0 aliphatic heterocycles. The Labute approximate surface area is 128 Å². The molecule has 0 heterocycles. The lowest BCUT2D eigenvalue weighted by Crippen LogP contribution is -2.43. The summed E-state index contributed by atoms with van der Waals surface area (Å²) in [6.07, 6.45) is 0. The van der Waals surface area contributed by atoms with Crippen LogP contribution in [0.1, 0.15) is 30.5 Å². The number of aliphatic hydroxyl groups is 2. The minimum Gasteiger partial charge on any atom is -0.386 e. The van der Waals surface area contributed by atoms with Gasteiger partial charge in [0, 0.05) is 5.56 Å². The highest BCUT2D eigenvalue weighted by Crippen LogP contribution is 2.33. The van der Waals surface area contributed by atoms with Crippen molar-refractivity contribution >= 4 is 5.91 Å². The first-order valence-corrected chi connectivity index (χ1v) is 6.78. The standard InChI is InChI=1S/C17H18FNO3/c1-16(2,21)12-8-9-13(14(18)10-12)17(22,15(19)20)11-6-4-3-5-7-11/h3-10,21-22H,1-2H3,(H2,19,20). The van der Waals surface area contributed by atoms with Crippen LogP contribution in [0.3, 0.4) is 0 Å². The molecule has 0 fully saturated rings. The molecule has 0 aliphatic rings. The fourth-order valence-electron chi connectivity index (χ4n) is 2.30. The van der Waals surface area contributed by atoms with E-state index < -0.39 is 22.9 Å². The zero-order chi connectivity index (χ0) is 16.5. The molecule has 0 bridgehead atoms. The SMILES string of the molecule is CC(C)(O)c1ccc(C(O)(C(N)=O)c2ccccc2)c(F)c1. The van der Waals surface area contributed by atoms with Crippen molar-refractivity contribution in [1.82, 2.24) is 0 Å². The van der Waals surface area contributed by atoms with Gasteiger partial charge in [0.05, 0.1) is 5.60 Å². The van der Waals surface area contributed by atoms with Crippen molar-refractivity contribution in [2.24, 2.45) is 5.73 Å². The van der Waals surface area contributed by atoms with Gasteiger partial charge in [-0.05, 0) is 31.0 Å². The first kappa shape index (κ1) is 16.1. The molecule has 0 radical (unpaired) electrons. The highest BCUT2D eigenvalue weighted by molar-refractivity contribution is 5.88. The van der Waals surface area contributed by atoms with Crippen molar-refractivity contribution < 1.29 is 19.4 Å². The molecule has 1 atom stereocenters. The maximum atomic E-state index is 14.4. The molecule has 0 spiro atoms. The number of amides is 1. The molecule has 1 unspecified atom stereocenters. The number of hydrogen-bond acceptors (Lipinski definition) is 3. The summed E-state index contributed by atoms with van der Waals surface area (Å²) in [6, 6.07) is 11.7. The van der Waals surface area contributed by atoms with Crippen LogP contribution >= 0.6 is 0 Å². The first-order chi connectivity index (χ1) is 10.2. The van der Waals surface area contributed by atoms with Gasteiger partial charge in [0.25, 0.3) is 5.91 Å². The van der Waals surface area contributed by atoms with Gasteiger partial charge in [0.15, 0.2) is 5.60 Å². The van der Waals surface area contributed by atoms with E-state index in [0.29, 0.717) is 5.56 Å². The van der Waals surface area contributed by atoms with Crippen LogP contribution in [-0.4, -0.2) is 16.1 Å². The number of primary amides is 1. The van der Waals surface area contributed by atoms with Gasteiger partial charge in [-0.3, -0.25) is 4.79 Å². The van der Waals surface area contributed by atoms with E-state index in [2.05, 4.69) is 0 Å². The molecule has 2 rings (SSSR count). The summed E-state index contributed by atoms with van der Waals surface area (Å²) in [6.45, 7) is 3.03. The van der Waals surface area contributed by atoms with Gasteiger partial charge in [-0.25, -0.2) is 4.39 Å². The molecule has 2 aromatic carbocycles. The van der Waals surface area contributed by atoms with E-state index in [-0.39, 0.29) is 11.1 Å². The van der Waals surface area contributed by atoms with Crippen LogP contribution in [0.25, 0.3) is 0 Å². The Morgan fingerprint density at radius 2 is 1.64 bits per heavy atom. The maximum absolute atomic E-state index is 14.4. The summed E-state index contributed by atoms with van der Waals surface area (Å²) in [5.74, 6) is -1.89. The van der Waals surface area contributed by atoms with Crippen LogP contribution < -0.4 is 5.73 Å². The summed E-state index contributed by atoms with van der Waals surface area (Å²) < 4.78 is 14.4. The van der Waals surface area contributed by atoms with Gasteiger partial charge in [-0.2, -0.15) is 0 Å². The van der Waals surface area contributed by atoms with Crippen molar-refractivity contribution in [3.05, 3.63) is 71.0 Å². The van der Waals surface area contributed by atoms with Crippen molar-refractivity contribution in [3.8, 4) is 0 Å². The first-order valence-electron chi connectivity index (χ1n) is 6.78. The summed E-state index contributed by atoms with van der Waals surface area (Å²) >= 11 is 0. The van der Waals surface area contributed by atoms with Crippen LogP contribution in [0.4, 0.5) is 4.39 Å². The molecular weight excluding hydrogens is 285 g/mol. The number of rotatable bonds is 4. The summed E-state index contributed by atoms with van der Waals surface area (Å²) in [4.78, 5) is 11.8. The van der Waals surface area contributed by atoms with Crippen LogP contribution in [0.15, 0.2) is 48.5 Å². The van der Waals surface area contributed by atoms with Crippen LogP contribution in [0, 0.1) is 5.82 Å². The Kier molecular flexibility index (Phi) is 4.04. The molecule has 4 nitrogen and oxygen atoms in total. The number of nitrogens with two attached hydrogens (primary N) is 1. The van der Waals surface area contributed by atoms with Gasteiger partial charge in [-0.15, -0.1) is 0 Å². The lowest BCUT2D eigenvalue weighted by Gasteiger charge is -2.27.